The van der Waals surface area contributed by atoms with Crippen molar-refractivity contribution >= 4 is 36.2 Å². The zero-order valence-electron chi connectivity index (χ0n) is 3.12. The average Bonchev–Trinajstić information content (AvgIpc) is 0.918. The van der Waals surface area contributed by atoms with Crippen LogP contribution in [0, 0.1) is 0 Å². The third-order valence-corrected chi connectivity index (χ3v) is 0. The normalized spacial score (nSPS) is 3.00. The van der Waals surface area contributed by atoms with Gasteiger partial charge < -0.3 is 0 Å². The van der Waals surface area contributed by atoms with Gasteiger partial charge in [0.2, 0.25) is 0 Å². The molecule has 0 rings (SSSR count). The summed E-state index contributed by atoms with van der Waals surface area (Å²) in [4.78, 5) is 0. The van der Waals surface area contributed by atoms with Crippen LogP contribution in [0.2, 0.25) is 0 Å². The maximum absolute atomic E-state index is 9.12. The van der Waals surface area contributed by atoms with E-state index in [1.807, 2.05) is 0 Å². The molecule has 0 aliphatic carbocycles. The summed E-state index contributed by atoms with van der Waals surface area (Å²) in [5.41, 5.74) is 0. The van der Waals surface area contributed by atoms with Gasteiger partial charge in [0.05, 0.1) is 0 Å². The van der Waals surface area contributed by atoms with Gasteiger partial charge in [-0.1, -0.05) is 0 Å². The van der Waals surface area contributed by atoms with Gasteiger partial charge in [0.15, 0.2) is 0 Å². The molecule has 0 atom stereocenters. The molecule has 6 heteroatoms. The minimum absolute atomic E-state index is 0. The molecule has 31 valence electrons. The van der Waals surface area contributed by atoms with E-state index in [1.165, 1.54) is 5.15 Å². The average molecular weight is 143 g/mol. The van der Waals surface area contributed by atoms with Gasteiger partial charge >= 0.3 is 0 Å². The first-order chi connectivity index (χ1) is 1.41. The Morgan fingerprint density at radius 1 is 1.17 bits per heavy atom. The molecule has 0 aromatic carbocycles. The zero-order chi connectivity index (χ0) is 2.71. The van der Waals surface area contributed by atoms with Gasteiger partial charge in [-0.3, -0.25) is 0 Å². The largest absolute Gasteiger partial charge is 0.0209 e. The zero-order valence-corrected chi connectivity index (χ0v) is 5.45. The molecule has 0 aromatic rings. The van der Waals surface area contributed by atoms with Gasteiger partial charge in [-0.2, -0.15) is 0 Å². The molecule has 0 saturated heterocycles. The molecule has 0 amide bonds. The third-order valence-electron chi connectivity index (χ3n) is 0. The summed E-state index contributed by atoms with van der Waals surface area (Å²) < 4.78 is 18.2. The van der Waals surface area contributed by atoms with Crippen molar-refractivity contribution in [2.75, 3.05) is 0 Å². The van der Waals surface area contributed by atoms with E-state index in [4.69, 9.17) is 9.05 Å². The molecule has 0 saturated carbocycles. The summed E-state index contributed by atoms with van der Waals surface area (Å²) >= 11 is 0. The second kappa shape index (κ2) is 31.7. The molecule has 0 aromatic heterocycles. The molecule has 5 radical (unpaired) electrons. The van der Waals surface area contributed by atoms with Crippen LogP contribution in [0.1, 0.15) is 0 Å². The molecule has 0 aliphatic heterocycles. The monoisotopic (exact) mass is 143 g/mol. The Hall–Kier alpha value is 1.47. The Labute approximate surface area is 67.4 Å². The van der Waals surface area contributed by atoms with E-state index in [-0.39, 0.29) is 53.3 Å². The van der Waals surface area contributed by atoms with Crippen molar-refractivity contribution in [1.29, 1.82) is 0 Å². The third kappa shape index (κ3) is 50.6. The van der Waals surface area contributed by atoms with Gasteiger partial charge in [-0.05, 0) is 9.05 Å². The quantitative estimate of drug-likeness (QED) is 0.434. The van der Waals surface area contributed by atoms with Crippen molar-refractivity contribution in [2.24, 2.45) is 0 Å². The smallest absolute Gasteiger partial charge is 0.0104 e. The Balaban J connectivity index is -0.00000000667. The van der Waals surface area contributed by atoms with Gasteiger partial charge in [-0.15, -0.1) is 0 Å². The van der Waals surface area contributed by atoms with Crippen molar-refractivity contribution in [3.05, 3.63) is 0 Å². The molecule has 0 spiro atoms. The Morgan fingerprint density at radius 2 is 1.17 bits per heavy atom. The van der Waals surface area contributed by atoms with Gasteiger partial charge in [0.1, 0.15) is 0 Å². The van der Waals surface area contributed by atoms with Crippen LogP contribution in [0.25, 0.3) is 0 Å². The SMILES string of the molecule is FOF.[Al].[Li].[Mn]. The van der Waals surface area contributed by atoms with E-state index in [1.54, 1.807) is 0 Å². The van der Waals surface area contributed by atoms with E-state index in [2.05, 4.69) is 0 Å². The molecular weight excluding hydrogens is 143 g/mol. The van der Waals surface area contributed by atoms with Crippen LogP contribution in [0.5, 0.6) is 0 Å². The fraction of sp³-hybridized carbons (Fsp3) is 0. The second-order valence-electron chi connectivity index (χ2n) is 0.0583. The van der Waals surface area contributed by atoms with Gasteiger partial charge in [-0.25, -0.2) is 0 Å². The summed E-state index contributed by atoms with van der Waals surface area (Å²) in [6.07, 6.45) is 0. The van der Waals surface area contributed by atoms with Crippen LogP contribution in [0.4, 0.5) is 9.05 Å². The molecule has 1 nitrogen and oxygen atoms in total. The molecule has 0 N–H and O–H groups in total. The van der Waals surface area contributed by atoms with E-state index in [0.717, 1.165) is 0 Å². The molecular formula is AlF2LiMnO. The van der Waals surface area contributed by atoms with Crippen LogP contribution in [0.15, 0.2) is 0 Å². The molecule has 0 unspecified atom stereocenters. The number of hydrogen-bond donors (Lipinski definition) is 0. The summed E-state index contributed by atoms with van der Waals surface area (Å²) in [6, 6.07) is 0. The van der Waals surface area contributed by atoms with Crippen LogP contribution < -0.4 is 0 Å². The molecule has 6 heavy (non-hydrogen) atoms. The van der Waals surface area contributed by atoms with E-state index < -0.39 is 0 Å². The summed E-state index contributed by atoms with van der Waals surface area (Å²) in [5, 5.41) is 1.25. The predicted octanol–water partition coefficient (Wildman–Crippen LogP) is 0.00790. The van der Waals surface area contributed by atoms with Crippen molar-refractivity contribution in [2.45, 2.75) is 0 Å². The van der Waals surface area contributed by atoms with Crippen molar-refractivity contribution in [3.8, 4) is 0 Å². The van der Waals surface area contributed by atoms with Crippen molar-refractivity contribution in [3.63, 3.8) is 0 Å². The predicted molar refractivity (Wildman–Crippen MR) is 14.8 cm³/mol. The summed E-state index contributed by atoms with van der Waals surface area (Å²) in [7, 11) is 0. The van der Waals surface area contributed by atoms with Crippen LogP contribution >= 0.6 is 0 Å². The first-order valence-electron chi connectivity index (χ1n) is 0.309. The van der Waals surface area contributed by atoms with Crippen LogP contribution in [-0.4, -0.2) is 36.2 Å². The maximum Gasteiger partial charge on any atom is 0.0209 e. The van der Waals surface area contributed by atoms with E-state index in [0.29, 0.717) is 0 Å². The Morgan fingerprint density at radius 3 is 1.17 bits per heavy atom. The summed E-state index contributed by atoms with van der Waals surface area (Å²) in [5.74, 6) is 0. The van der Waals surface area contributed by atoms with E-state index in [9.17, 15) is 0 Å². The Kier molecular flexibility index (Phi) is 137. The fourth-order valence-electron chi connectivity index (χ4n) is 0. The minimum Gasteiger partial charge on any atom is -0.0104 e. The molecule has 0 aliphatic rings. The standard InChI is InChI=1S/Al.F2O.Li.Mn/c;1-3-2;;. The molecule has 0 bridgehead atoms. The fourth-order valence-corrected chi connectivity index (χ4v) is 0. The van der Waals surface area contributed by atoms with Crippen molar-refractivity contribution in [1.82, 2.24) is 0 Å². The number of hydrogen-bond acceptors (Lipinski definition) is 1. The second-order valence-corrected chi connectivity index (χ2v) is 0.0583. The Bertz CT molecular complexity index is 13.5. The molecule has 0 heterocycles. The maximum atomic E-state index is 9.12. The van der Waals surface area contributed by atoms with Gasteiger partial charge in [0.25, 0.3) is 0 Å². The first-order valence-corrected chi connectivity index (χ1v) is 0.309. The number of rotatable bonds is 0. The van der Waals surface area contributed by atoms with Crippen molar-refractivity contribution < 1.29 is 31.3 Å². The van der Waals surface area contributed by atoms with Gasteiger partial charge in [0, 0.05) is 58.4 Å². The molecule has 0 fully saturated rings. The first kappa shape index (κ1) is 26.0. The van der Waals surface area contributed by atoms with E-state index >= 15 is 0 Å². The summed E-state index contributed by atoms with van der Waals surface area (Å²) in [6.45, 7) is 0. The van der Waals surface area contributed by atoms with Crippen LogP contribution in [-0.2, 0) is 22.2 Å². The topological polar surface area (TPSA) is 9.23 Å². The minimum atomic E-state index is 0. The van der Waals surface area contributed by atoms with Crippen LogP contribution in [0.3, 0.4) is 0 Å². The number of halogens is 2.